The third kappa shape index (κ3) is 4.59. The summed E-state index contributed by atoms with van der Waals surface area (Å²) in [6.45, 7) is 8.10. The number of imide groups is 1. The maximum Gasteiger partial charge on any atom is 0.325 e. The summed E-state index contributed by atoms with van der Waals surface area (Å²) in [6.07, 6.45) is 1.68. The lowest BCUT2D eigenvalue weighted by molar-refractivity contribution is -0.131. The van der Waals surface area contributed by atoms with E-state index < -0.39 is 6.03 Å². The van der Waals surface area contributed by atoms with Crippen LogP contribution in [-0.2, 0) is 15.0 Å². The highest BCUT2D eigenvalue weighted by atomic mass is 16.2. The van der Waals surface area contributed by atoms with Gasteiger partial charge in [0.25, 0.3) is 5.91 Å². The molecule has 0 saturated carbocycles. The zero-order valence-corrected chi connectivity index (χ0v) is 16.2. The number of carbonyl (C=O) groups excluding carboxylic acids is 3. The highest BCUT2D eigenvalue weighted by Crippen LogP contribution is 2.26. The van der Waals surface area contributed by atoms with E-state index in [1.165, 1.54) is 11.3 Å². The number of nitrogens with one attached hydrogen (secondary N) is 2. The Kier molecular flexibility index (Phi) is 5.39. The zero-order chi connectivity index (χ0) is 19.6. The third-order valence-electron chi connectivity index (χ3n) is 5.20. The van der Waals surface area contributed by atoms with Crippen LogP contribution >= 0.6 is 0 Å². The van der Waals surface area contributed by atoms with Crippen LogP contribution in [0.5, 0.6) is 0 Å². The normalized spacial score (nSPS) is 18.6. The fourth-order valence-electron chi connectivity index (χ4n) is 3.49. The Bertz CT molecular complexity index is 700. The van der Waals surface area contributed by atoms with E-state index in [1.54, 1.807) is 0 Å². The van der Waals surface area contributed by atoms with E-state index >= 15 is 0 Å². The molecule has 4 amide bonds. The molecule has 0 spiro atoms. The maximum atomic E-state index is 12.1. The van der Waals surface area contributed by atoms with E-state index in [-0.39, 0.29) is 36.4 Å². The first-order valence-electron chi connectivity index (χ1n) is 9.47. The lowest BCUT2D eigenvalue weighted by Crippen LogP contribution is -2.48. The second-order valence-electron chi connectivity index (χ2n) is 8.26. The number of carbonyl (C=O) groups is 3. The zero-order valence-electron chi connectivity index (χ0n) is 16.2. The molecule has 0 aliphatic carbocycles. The van der Waals surface area contributed by atoms with Gasteiger partial charge in [-0.25, -0.2) is 4.79 Å². The topological polar surface area (TPSA) is 81.8 Å². The van der Waals surface area contributed by atoms with Crippen molar-refractivity contribution in [1.82, 2.24) is 15.5 Å². The molecule has 146 valence electrons. The average Bonchev–Trinajstić information content (AvgIpc) is 2.94. The first-order chi connectivity index (χ1) is 12.7. The Balaban J connectivity index is 1.48. The van der Waals surface area contributed by atoms with Gasteiger partial charge < -0.3 is 15.5 Å². The molecule has 2 aliphatic heterocycles. The molecule has 7 heteroatoms. The molecule has 27 heavy (non-hydrogen) atoms. The number of hydrogen-bond acceptors (Lipinski definition) is 4. The average molecular weight is 372 g/mol. The molecule has 2 fully saturated rings. The van der Waals surface area contributed by atoms with E-state index in [1.807, 2.05) is 0 Å². The summed E-state index contributed by atoms with van der Waals surface area (Å²) in [7, 11) is 0. The van der Waals surface area contributed by atoms with Gasteiger partial charge in [-0.2, -0.15) is 0 Å². The van der Waals surface area contributed by atoms with Gasteiger partial charge in [-0.05, 0) is 36.0 Å². The van der Waals surface area contributed by atoms with Gasteiger partial charge in [-0.3, -0.25) is 14.5 Å². The molecule has 2 aliphatic rings. The number of amides is 4. The highest BCUT2D eigenvalue weighted by Gasteiger charge is 2.31. The Morgan fingerprint density at radius 2 is 1.78 bits per heavy atom. The Morgan fingerprint density at radius 3 is 2.30 bits per heavy atom. The summed E-state index contributed by atoms with van der Waals surface area (Å²) in [5, 5.41) is 5.36. The molecule has 3 rings (SSSR count). The standard InChI is InChI=1S/C20H28N4O3/c1-20(2,3)14-4-6-16(7-5-14)23-10-8-15(9-11-23)22-17(25)13-24-18(26)12-21-19(24)27/h4-7,15H,8-13H2,1-3H3,(H,21,27)(H,22,25). The lowest BCUT2D eigenvalue weighted by Gasteiger charge is -2.34. The van der Waals surface area contributed by atoms with E-state index in [0.29, 0.717) is 0 Å². The Labute approximate surface area is 160 Å². The second kappa shape index (κ2) is 7.58. The summed E-state index contributed by atoms with van der Waals surface area (Å²) >= 11 is 0. The van der Waals surface area contributed by atoms with Gasteiger partial charge >= 0.3 is 6.03 Å². The summed E-state index contributed by atoms with van der Waals surface area (Å²) in [5.74, 6) is -0.642. The molecule has 2 heterocycles. The first-order valence-corrected chi connectivity index (χ1v) is 9.47. The van der Waals surface area contributed by atoms with Crippen LogP contribution in [-0.4, -0.2) is 55.0 Å². The number of urea groups is 1. The van der Waals surface area contributed by atoms with Gasteiger partial charge in [0.15, 0.2) is 0 Å². The lowest BCUT2D eigenvalue weighted by atomic mass is 9.87. The minimum atomic E-state index is -0.497. The number of piperidine rings is 1. The van der Waals surface area contributed by atoms with Crippen LogP contribution in [0.4, 0.5) is 10.5 Å². The number of nitrogens with zero attached hydrogens (tertiary/aromatic N) is 2. The summed E-state index contributed by atoms with van der Waals surface area (Å²) in [5.41, 5.74) is 2.66. The minimum Gasteiger partial charge on any atom is -0.371 e. The van der Waals surface area contributed by atoms with Crippen LogP contribution in [0, 0.1) is 0 Å². The van der Waals surface area contributed by atoms with E-state index in [0.717, 1.165) is 30.8 Å². The van der Waals surface area contributed by atoms with Crippen LogP contribution < -0.4 is 15.5 Å². The van der Waals surface area contributed by atoms with Crippen LogP contribution in [0.1, 0.15) is 39.2 Å². The van der Waals surface area contributed by atoms with Crippen LogP contribution in [0.2, 0.25) is 0 Å². The number of anilines is 1. The molecule has 2 N–H and O–H groups in total. The van der Waals surface area contributed by atoms with Crippen molar-refractivity contribution in [1.29, 1.82) is 0 Å². The van der Waals surface area contributed by atoms with Crippen LogP contribution in [0.15, 0.2) is 24.3 Å². The molecule has 0 unspecified atom stereocenters. The van der Waals surface area contributed by atoms with Gasteiger partial charge in [-0.15, -0.1) is 0 Å². The predicted octanol–water partition coefficient (Wildman–Crippen LogP) is 1.62. The summed E-state index contributed by atoms with van der Waals surface area (Å²) in [4.78, 5) is 38.5. The van der Waals surface area contributed by atoms with E-state index in [2.05, 4.69) is 60.6 Å². The maximum absolute atomic E-state index is 12.1. The molecule has 0 bridgehead atoms. The van der Waals surface area contributed by atoms with Crippen molar-refractivity contribution < 1.29 is 14.4 Å². The van der Waals surface area contributed by atoms with Gasteiger partial charge in [-0.1, -0.05) is 32.9 Å². The molecule has 2 saturated heterocycles. The largest absolute Gasteiger partial charge is 0.371 e. The van der Waals surface area contributed by atoms with Crippen LogP contribution in [0.25, 0.3) is 0 Å². The SMILES string of the molecule is CC(C)(C)c1ccc(N2CCC(NC(=O)CN3C(=O)CNC3=O)CC2)cc1. The summed E-state index contributed by atoms with van der Waals surface area (Å²) < 4.78 is 0. The van der Waals surface area contributed by atoms with Crippen molar-refractivity contribution in [2.45, 2.75) is 45.1 Å². The number of hydrogen-bond donors (Lipinski definition) is 2. The van der Waals surface area contributed by atoms with Crippen molar-refractivity contribution >= 4 is 23.5 Å². The summed E-state index contributed by atoms with van der Waals surface area (Å²) in [6, 6.07) is 8.27. The van der Waals surface area contributed by atoms with E-state index in [9.17, 15) is 14.4 Å². The quantitative estimate of drug-likeness (QED) is 0.787. The monoisotopic (exact) mass is 372 g/mol. The highest BCUT2D eigenvalue weighted by molar-refractivity contribution is 6.04. The van der Waals surface area contributed by atoms with E-state index in [4.69, 9.17) is 0 Å². The molecule has 1 aromatic rings. The molecular weight excluding hydrogens is 344 g/mol. The Morgan fingerprint density at radius 1 is 1.15 bits per heavy atom. The van der Waals surface area contributed by atoms with Crippen molar-refractivity contribution in [3.05, 3.63) is 29.8 Å². The Hall–Kier alpha value is -2.57. The molecule has 0 radical (unpaired) electrons. The second-order valence-corrected chi connectivity index (χ2v) is 8.26. The van der Waals surface area contributed by atoms with Gasteiger partial charge in [0, 0.05) is 24.8 Å². The fraction of sp³-hybridized carbons (Fsp3) is 0.550. The van der Waals surface area contributed by atoms with Crippen molar-refractivity contribution in [3.63, 3.8) is 0 Å². The van der Waals surface area contributed by atoms with Crippen molar-refractivity contribution in [2.24, 2.45) is 0 Å². The molecule has 7 nitrogen and oxygen atoms in total. The third-order valence-corrected chi connectivity index (χ3v) is 5.20. The molecular formula is C20H28N4O3. The minimum absolute atomic E-state index is 0.0293. The van der Waals surface area contributed by atoms with Crippen molar-refractivity contribution in [2.75, 3.05) is 31.1 Å². The fourth-order valence-corrected chi connectivity index (χ4v) is 3.49. The van der Waals surface area contributed by atoms with Crippen molar-refractivity contribution in [3.8, 4) is 0 Å². The molecule has 0 atom stereocenters. The smallest absolute Gasteiger partial charge is 0.325 e. The van der Waals surface area contributed by atoms with Gasteiger partial charge in [0.2, 0.25) is 5.91 Å². The predicted molar refractivity (Wildman–Crippen MR) is 104 cm³/mol. The molecule has 1 aromatic carbocycles. The first kappa shape index (κ1) is 19.2. The number of benzene rings is 1. The van der Waals surface area contributed by atoms with Gasteiger partial charge in [0.1, 0.15) is 6.54 Å². The number of rotatable bonds is 4. The van der Waals surface area contributed by atoms with Crippen LogP contribution in [0.3, 0.4) is 0 Å². The molecule has 0 aromatic heterocycles. The van der Waals surface area contributed by atoms with Gasteiger partial charge in [0.05, 0.1) is 6.54 Å².